The molecule has 0 aromatic heterocycles. The van der Waals surface area contributed by atoms with Gasteiger partial charge in [-0.05, 0) is 61.7 Å². The van der Waals surface area contributed by atoms with E-state index >= 15 is 0 Å². The lowest BCUT2D eigenvalue weighted by Crippen LogP contribution is -2.43. The van der Waals surface area contributed by atoms with Crippen molar-refractivity contribution in [2.24, 2.45) is 5.92 Å². The number of aryl methyl sites for hydroxylation is 1. The molecule has 2 aromatic carbocycles. The molecule has 6 nitrogen and oxygen atoms in total. The maximum atomic E-state index is 13.0. The van der Waals surface area contributed by atoms with Gasteiger partial charge in [0.1, 0.15) is 5.75 Å². The van der Waals surface area contributed by atoms with Crippen LogP contribution in [0.4, 0.5) is 5.69 Å². The van der Waals surface area contributed by atoms with Crippen LogP contribution in [0.3, 0.4) is 0 Å². The largest absolute Gasteiger partial charge is 0.495 e. The first kappa shape index (κ1) is 21.9. The average molecular weight is 457 g/mol. The molecule has 9 heteroatoms. The zero-order chi connectivity index (χ0) is 21.2. The summed E-state index contributed by atoms with van der Waals surface area (Å²) in [7, 11) is -2.30. The molecule has 156 valence electrons. The number of hydrogen-bond acceptors (Lipinski definition) is 4. The molecular weight excluding hydrogens is 435 g/mol. The van der Waals surface area contributed by atoms with Crippen LogP contribution in [0.5, 0.6) is 5.75 Å². The molecule has 0 bridgehead atoms. The number of piperidine rings is 1. The van der Waals surface area contributed by atoms with Crippen molar-refractivity contribution in [3.63, 3.8) is 0 Å². The summed E-state index contributed by atoms with van der Waals surface area (Å²) in [6.07, 6.45) is 1.22. The molecule has 1 aliphatic rings. The van der Waals surface area contributed by atoms with Gasteiger partial charge in [-0.15, -0.1) is 0 Å². The van der Waals surface area contributed by atoms with Crippen molar-refractivity contribution in [2.45, 2.75) is 24.7 Å². The first-order chi connectivity index (χ1) is 13.7. The average Bonchev–Trinajstić information content (AvgIpc) is 2.70. The molecule has 1 N–H and O–H groups in total. The Balaban J connectivity index is 1.75. The first-order valence-corrected chi connectivity index (χ1v) is 11.3. The minimum atomic E-state index is -3.77. The third kappa shape index (κ3) is 4.86. The number of nitrogens with zero attached hydrogens (tertiary/aromatic N) is 1. The van der Waals surface area contributed by atoms with Crippen LogP contribution in [0.25, 0.3) is 0 Å². The number of anilines is 1. The summed E-state index contributed by atoms with van der Waals surface area (Å²) in [4.78, 5) is 12.8. The molecule has 1 atom stereocenters. The minimum Gasteiger partial charge on any atom is -0.495 e. The van der Waals surface area contributed by atoms with Crippen molar-refractivity contribution in [2.75, 3.05) is 25.5 Å². The predicted molar refractivity (Wildman–Crippen MR) is 114 cm³/mol. The van der Waals surface area contributed by atoms with E-state index in [9.17, 15) is 13.2 Å². The zero-order valence-corrected chi connectivity index (χ0v) is 18.4. The highest BCUT2D eigenvalue weighted by Crippen LogP contribution is 2.30. The number of carbonyl (C=O) groups excluding carboxylic acids is 1. The van der Waals surface area contributed by atoms with Crippen LogP contribution < -0.4 is 10.1 Å². The molecule has 1 fully saturated rings. The first-order valence-electron chi connectivity index (χ1n) is 9.13. The number of nitrogens with one attached hydrogen (secondary N) is 1. The van der Waals surface area contributed by atoms with E-state index in [-0.39, 0.29) is 22.4 Å². The smallest absolute Gasteiger partial charge is 0.243 e. The fraction of sp³-hybridized carbons (Fsp3) is 0.350. The SMILES string of the molecule is COc1ccc(S(=O)(=O)N2CCC[C@@H](C(=O)Nc3ccc(Cl)cc3C)C2)cc1Cl. The van der Waals surface area contributed by atoms with Crippen LogP contribution >= 0.6 is 23.2 Å². The Bertz CT molecular complexity index is 1030. The van der Waals surface area contributed by atoms with E-state index in [0.717, 1.165) is 5.56 Å². The quantitative estimate of drug-likeness (QED) is 0.725. The summed E-state index contributed by atoms with van der Waals surface area (Å²) >= 11 is 12.0. The molecule has 29 heavy (non-hydrogen) atoms. The Kier molecular flexibility index (Phi) is 6.73. The summed E-state index contributed by atoms with van der Waals surface area (Å²) in [6, 6.07) is 9.56. The minimum absolute atomic E-state index is 0.0814. The van der Waals surface area contributed by atoms with Gasteiger partial charge in [-0.3, -0.25) is 4.79 Å². The Hall–Kier alpha value is -1.80. The van der Waals surface area contributed by atoms with Crippen molar-refractivity contribution in [3.05, 3.63) is 52.0 Å². The standard InChI is InChI=1S/C20H22Cl2N2O4S/c1-13-10-15(21)5-7-18(13)23-20(25)14-4-3-9-24(12-14)29(26,27)16-6-8-19(28-2)17(22)11-16/h5-8,10-11,14H,3-4,9,12H2,1-2H3,(H,23,25)/t14-/m1/s1. The van der Waals surface area contributed by atoms with E-state index in [0.29, 0.717) is 35.8 Å². The van der Waals surface area contributed by atoms with E-state index in [1.165, 1.54) is 29.6 Å². The van der Waals surface area contributed by atoms with Gasteiger partial charge in [-0.2, -0.15) is 4.31 Å². The molecule has 1 aliphatic heterocycles. The lowest BCUT2D eigenvalue weighted by Gasteiger charge is -2.31. The summed E-state index contributed by atoms with van der Waals surface area (Å²) < 4.78 is 32.5. The van der Waals surface area contributed by atoms with Crippen LogP contribution in [0.1, 0.15) is 18.4 Å². The molecule has 0 aliphatic carbocycles. The van der Waals surface area contributed by atoms with E-state index in [4.69, 9.17) is 27.9 Å². The fourth-order valence-corrected chi connectivity index (χ4v) is 5.43. The normalized spacial score (nSPS) is 17.7. The van der Waals surface area contributed by atoms with Gasteiger partial charge >= 0.3 is 0 Å². The van der Waals surface area contributed by atoms with Crippen molar-refractivity contribution < 1.29 is 17.9 Å². The molecule has 0 radical (unpaired) electrons. The second-order valence-electron chi connectivity index (χ2n) is 6.95. The van der Waals surface area contributed by atoms with Gasteiger partial charge in [0.05, 0.1) is 22.9 Å². The number of amides is 1. The maximum Gasteiger partial charge on any atom is 0.243 e. The van der Waals surface area contributed by atoms with E-state index in [1.807, 2.05) is 6.92 Å². The van der Waals surface area contributed by atoms with Gasteiger partial charge in [0.15, 0.2) is 0 Å². The summed E-state index contributed by atoms with van der Waals surface area (Å²) in [6.45, 7) is 2.33. The van der Waals surface area contributed by atoms with Crippen LogP contribution in [0.2, 0.25) is 10.0 Å². The van der Waals surface area contributed by atoms with E-state index in [1.54, 1.807) is 18.2 Å². The van der Waals surface area contributed by atoms with Crippen LogP contribution in [0.15, 0.2) is 41.3 Å². The number of hydrogen-bond donors (Lipinski definition) is 1. The molecule has 0 saturated carbocycles. The molecular formula is C20H22Cl2N2O4S. The molecule has 3 rings (SSSR count). The predicted octanol–water partition coefficient (Wildman–Crippen LogP) is 4.35. The number of methoxy groups -OCH3 is 1. The van der Waals surface area contributed by atoms with E-state index < -0.39 is 15.9 Å². The highest BCUT2D eigenvalue weighted by molar-refractivity contribution is 7.89. The van der Waals surface area contributed by atoms with Crippen molar-refractivity contribution in [3.8, 4) is 5.75 Å². The third-order valence-electron chi connectivity index (χ3n) is 4.96. The maximum absolute atomic E-state index is 13.0. The zero-order valence-electron chi connectivity index (χ0n) is 16.1. The molecule has 0 unspecified atom stereocenters. The van der Waals surface area contributed by atoms with Gasteiger partial charge < -0.3 is 10.1 Å². The fourth-order valence-electron chi connectivity index (χ4n) is 3.33. The van der Waals surface area contributed by atoms with E-state index in [2.05, 4.69) is 5.32 Å². The molecule has 1 amide bonds. The molecule has 0 spiro atoms. The molecule has 1 saturated heterocycles. The number of sulfonamides is 1. The second kappa shape index (κ2) is 8.92. The summed E-state index contributed by atoms with van der Waals surface area (Å²) in [5, 5.41) is 3.70. The Morgan fingerprint density at radius 1 is 1.21 bits per heavy atom. The van der Waals surface area contributed by atoms with Gasteiger partial charge in [-0.25, -0.2) is 8.42 Å². The number of carbonyl (C=O) groups is 1. The summed E-state index contributed by atoms with van der Waals surface area (Å²) in [5.74, 6) is -0.245. The molecule has 1 heterocycles. The third-order valence-corrected chi connectivity index (χ3v) is 7.35. The Morgan fingerprint density at radius 2 is 1.97 bits per heavy atom. The van der Waals surface area contributed by atoms with Gasteiger partial charge in [0, 0.05) is 23.8 Å². The monoisotopic (exact) mass is 456 g/mol. The Labute approximate surface area is 180 Å². The number of rotatable bonds is 5. The van der Waals surface area contributed by atoms with Gasteiger partial charge in [0.2, 0.25) is 15.9 Å². The highest BCUT2D eigenvalue weighted by Gasteiger charge is 2.33. The lowest BCUT2D eigenvalue weighted by molar-refractivity contribution is -0.120. The van der Waals surface area contributed by atoms with Crippen LogP contribution in [0, 0.1) is 12.8 Å². The van der Waals surface area contributed by atoms with Crippen molar-refractivity contribution in [1.82, 2.24) is 4.31 Å². The lowest BCUT2D eigenvalue weighted by atomic mass is 9.98. The van der Waals surface area contributed by atoms with Crippen molar-refractivity contribution in [1.29, 1.82) is 0 Å². The number of ether oxygens (including phenoxy) is 1. The second-order valence-corrected chi connectivity index (χ2v) is 9.73. The number of benzene rings is 2. The summed E-state index contributed by atoms with van der Waals surface area (Å²) in [5.41, 5.74) is 1.51. The van der Waals surface area contributed by atoms with Gasteiger partial charge in [-0.1, -0.05) is 23.2 Å². The van der Waals surface area contributed by atoms with Crippen LogP contribution in [-0.4, -0.2) is 38.8 Å². The Morgan fingerprint density at radius 3 is 2.62 bits per heavy atom. The van der Waals surface area contributed by atoms with Gasteiger partial charge in [0.25, 0.3) is 0 Å². The van der Waals surface area contributed by atoms with Crippen molar-refractivity contribution >= 4 is 44.8 Å². The molecule has 2 aromatic rings. The number of halogens is 2. The highest BCUT2D eigenvalue weighted by atomic mass is 35.5. The topological polar surface area (TPSA) is 75.7 Å². The van der Waals surface area contributed by atoms with Crippen LogP contribution in [-0.2, 0) is 14.8 Å².